The second kappa shape index (κ2) is 7.91. The molecule has 1 amide bonds. The van der Waals surface area contributed by atoms with Gasteiger partial charge in [0.15, 0.2) is 11.6 Å². The van der Waals surface area contributed by atoms with Crippen molar-refractivity contribution in [3.05, 3.63) is 70.9 Å². The first-order valence-electron chi connectivity index (χ1n) is 9.46. The summed E-state index contributed by atoms with van der Waals surface area (Å²) in [6.45, 7) is 2.76. The molecule has 30 heavy (non-hydrogen) atoms. The summed E-state index contributed by atoms with van der Waals surface area (Å²) in [5.41, 5.74) is 2.15. The summed E-state index contributed by atoms with van der Waals surface area (Å²) in [5.74, 6) is -3.22. The summed E-state index contributed by atoms with van der Waals surface area (Å²) < 4.78 is 43.1. The zero-order valence-corrected chi connectivity index (χ0v) is 16.4. The molecule has 1 fully saturated rings. The molecule has 0 spiro atoms. The Morgan fingerprint density at radius 1 is 1.13 bits per heavy atom. The van der Waals surface area contributed by atoms with Crippen LogP contribution in [0.15, 0.2) is 36.7 Å². The van der Waals surface area contributed by atoms with Crippen molar-refractivity contribution in [3.63, 3.8) is 0 Å². The Kier molecular flexibility index (Phi) is 5.29. The van der Waals surface area contributed by atoms with Gasteiger partial charge in [0.05, 0.1) is 17.5 Å². The summed E-state index contributed by atoms with van der Waals surface area (Å²) in [7, 11) is 1.70. The van der Waals surface area contributed by atoms with Gasteiger partial charge in [-0.05, 0) is 30.2 Å². The third-order valence-electron chi connectivity index (χ3n) is 5.37. The molecule has 1 aliphatic heterocycles. The molecule has 1 aliphatic rings. The fourth-order valence-corrected chi connectivity index (χ4v) is 3.83. The zero-order valence-electron chi connectivity index (χ0n) is 16.4. The first kappa shape index (κ1) is 20.1. The summed E-state index contributed by atoms with van der Waals surface area (Å²) in [5, 5.41) is 10.0. The molecule has 6 nitrogen and oxygen atoms in total. The largest absolute Gasteiger partial charge is 0.346 e. The van der Waals surface area contributed by atoms with Crippen molar-refractivity contribution >= 4 is 5.91 Å². The highest BCUT2D eigenvalue weighted by Gasteiger charge is 2.31. The van der Waals surface area contributed by atoms with Crippen LogP contribution in [0.2, 0.25) is 0 Å². The second-order valence-corrected chi connectivity index (χ2v) is 7.37. The Bertz CT molecular complexity index is 1090. The van der Waals surface area contributed by atoms with Gasteiger partial charge >= 0.3 is 0 Å². The van der Waals surface area contributed by atoms with Crippen molar-refractivity contribution in [2.75, 3.05) is 13.1 Å². The molecule has 2 N–H and O–H groups in total. The maximum Gasteiger partial charge on any atom is 0.270 e. The van der Waals surface area contributed by atoms with E-state index < -0.39 is 23.4 Å². The van der Waals surface area contributed by atoms with E-state index in [1.165, 1.54) is 12.3 Å². The third-order valence-corrected chi connectivity index (χ3v) is 5.37. The highest BCUT2D eigenvalue weighted by molar-refractivity contribution is 5.93. The summed E-state index contributed by atoms with van der Waals surface area (Å²) in [6, 6.07) is 4.42. The van der Waals surface area contributed by atoms with E-state index >= 15 is 0 Å². The van der Waals surface area contributed by atoms with Crippen LogP contribution in [0.3, 0.4) is 0 Å². The number of carbonyl (C=O) groups excluding carboxylic acids is 1. The predicted octanol–water partition coefficient (Wildman–Crippen LogP) is 2.69. The topological polar surface area (TPSA) is 71.8 Å². The van der Waals surface area contributed by atoms with Gasteiger partial charge in [-0.3, -0.25) is 14.5 Å². The van der Waals surface area contributed by atoms with Gasteiger partial charge in [0.1, 0.15) is 11.5 Å². The van der Waals surface area contributed by atoms with E-state index in [1.54, 1.807) is 17.9 Å². The molecule has 3 heterocycles. The average molecular weight is 415 g/mol. The highest BCUT2D eigenvalue weighted by atomic mass is 19.2. The molecule has 1 aromatic carbocycles. The van der Waals surface area contributed by atoms with Crippen LogP contribution in [0.4, 0.5) is 13.2 Å². The Hall–Kier alpha value is -3.20. The number of nitrogens with one attached hydrogen (secondary N) is 2. The monoisotopic (exact) mass is 415 g/mol. The average Bonchev–Trinajstić information content (AvgIpc) is 3.30. The molecule has 9 heteroatoms. The predicted molar refractivity (Wildman–Crippen MR) is 104 cm³/mol. The SMILES string of the molecule is Cc1cnn(C)c1-c1cnc(C(=O)N[C@H]2CNC[C@@H]2c2ccc(F)c(F)c2)cc1F. The van der Waals surface area contributed by atoms with Crippen molar-refractivity contribution < 1.29 is 18.0 Å². The Morgan fingerprint density at radius 2 is 1.93 bits per heavy atom. The third kappa shape index (κ3) is 3.68. The fourth-order valence-electron chi connectivity index (χ4n) is 3.83. The quantitative estimate of drug-likeness (QED) is 0.688. The van der Waals surface area contributed by atoms with Crippen LogP contribution in [0.5, 0.6) is 0 Å². The van der Waals surface area contributed by atoms with Crippen molar-refractivity contribution in [2.45, 2.75) is 18.9 Å². The normalized spacial score (nSPS) is 18.6. The number of hydrogen-bond acceptors (Lipinski definition) is 4. The lowest BCUT2D eigenvalue weighted by Gasteiger charge is -2.20. The van der Waals surface area contributed by atoms with Crippen molar-refractivity contribution in [1.29, 1.82) is 0 Å². The van der Waals surface area contributed by atoms with Crippen molar-refractivity contribution in [3.8, 4) is 11.3 Å². The maximum absolute atomic E-state index is 14.7. The number of benzene rings is 1. The van der Waals surface area contributed by atoms with Gasteiger partial charge in [0.25, 0.3) is 5.91 Å². The van der Waals surface area contributed by atoms with Crippen LogP contribution in [0.1, 0.15) is 27.5 Å². The number of aromatic nitrogens is 3. The Labute approximate surface area is 171 Å². The Balaban J connectivity index is 1.53. The summed E-state index contributed by atoms with van der Waals surface area (Å²) in [4.78, 5) is 16.8. The molecule has 0 aliphatic carbocycles. The first-order valence-corrected chi connectivity index (χ1v) is 9.46. The molecule has 2 atom stereocenters. The van der Waals surface area contributed by atoms with Gasteiger partial charge in [-0.1, -0.05) is 6.07 Å². The minimum absolute atomic E-state index is 0.0630. The molecule has 1 saturated heterocycles. The number of aryl methyl sites for hydroxylation is 2. The van der Waals surface area contributed by atoms with Crippen molar-refractivity contribution in [1.82, 2.24) is 25.4 Å². The van der Waals surface area contributed by atoms with E-state index in [2.05, 4.69) is 20.7 Å². The van der Waals surface area contributed by atoms with E-state index in [-0.39, 0.29) is 23.2 Å². The van der Waals surface area contributed by atoms with E-state index in [9.17, 15) is 18.0 Å². The van der Waals surface area contributed by atoms with E-state index in [0.29, 0.717) is 24.3 Å². The molecule has 0 radical (unpaired) electrons. The van der Waals surface area contributed by atoms with E-state index in [4.69, 9.17) is 0 Å². The highest BCUT2D eigenvalue weighted by Crippen LogP contribution is 2.26. The lowest BCUT2D eigenvalue weighted by molar-refractivity contribution is 0.0931. The number of amides is 1. The van der Waals surface area contributed by atoms with Gasteiger partial charge in [-0.2, -0.15) is 5.10 Å². The molecule has 0 bridgehead atoms. The van der Waals surface area contributed by atoms with Gasteiger partial charge < -0.3 is 10.6 Å². The number of pyridine rings is 1. The molecule has 0 saturated carbocycles. The molecular weight excluding hydrogens is 395 g/mol. The van der Waals surface area contributed by atoms with Gasteiger partial charge in [0, 0.05) is 44.4 Å². The van der Waals surface area contributed by atoms with Gasteiger partial charge in [-0.25, -0.2) is 13.2 Å². The molecule has 156 valence electrons. The molecule has 3 aromatic rings. The Morgan fingerprint density at radius 3 is 2.60 bits per heavy atom. The molecular formula is C21H20F3N5O. The number of nitrogens with zero attached hydrogens (tertiary/aromatic N) is 3. The lowest BCUT2D eigenvalue weighted by Crippen LogP contribution is -2.40. The number of hydrogen-bond donors (Lipinski definition) is 2. The number of carbonyl (C=O) groups is 1. The molecule has 0 unspecified atom stereocenters. The van der Waals surface area contributed by atoms with Crippen LogP contribution >= 0.6 is 0 Å². The van der Waals surface area contributed by atoms with Gasteiger partial charge in [0.2, 0.25) is 0 Å². The summed E-state index contributed by atoms with van der Waals surface area (Å²) >= 11 is 0. The minimum Gasteiger partial charge on any atom is -0.346 e. The van der Waals surface area contributed by atoms with Crippen LogP contribution < -0.4 is 10.6 Å². The first-order chi connectivity index (χ1) is 14.3. The van der Waals surface area contributed by atoms with Gasteiger partial charge in [-0.15, -0.1) is 0 Å². The summed E-state index contributed by atoms with van der Waals surface area (Å²) in [6.07, 6.45) is 2.94. The van der Waals surface area contributed by atoms with Crippen molar-refractivity contribution in [2.24, 2.45) is 7.05 Å². The fraction of sp³-hybridized carbons (Fsp3) is 0.286. The number of halogens is 3. The minimum atomic E-state index is -0.936. The maximum atomic E-state index is 14.7. The zero-order chi connectivity index (χ0) is 21.4. The van der Waals surface area contributed by atoms with E-state index in [0.717, 1.165) is 23.8 Å². The van der Waals surface area contributed by atoms with Crippen LogP contribution in [0.25, 0.3) is 11.3 Å². The second-order valence-electron chi connectivity index (χ2n) is 7.37. The standard InChI is InChI=1S/C21H20F3N5O/c1-11-7-27-29(2)20(11)14-9-26-18(6-16(14)23)21(30)28-19-10-25-8-13(19)12-3-4-15(22)17(24)5-12/h3-7,9,13,19,25H,8,10H2,1-2H3,(H,28,30)/t13-,19+/m1/s1. The molecule has 4 rings (SSSR count). The van der Waals surface area contributed by atoms with Crippen LogP contribution in [0, 0.1) is 24.4 Å². The lowest BCUT2D eigenvalue weighted by atomic mass is 9.94. The molecule has 2 aromatic heterocycles. The van der Waals surface area contributed by atoms with E-state index in [1.807, 2.05) is 6.92 Å². The smallest absolute Gasteiger partial charge is 0.270 e. The van der Waals surface area contributed by atoms with Crippen LogP contribution in [-0.4, -0.2) is 39.8 Å². The van der Waals surface area contributed by atoms with Crippen LogP contribution in [-0.2, 0) is 7.05 Å². The number of rotatable bonds is 4.